The maximum Gasteiger partial charge on any atom is 0.237 e. The van der Waals surface area contributed by atoms with Gasteiger partial charge in [0.1, 0.15) is 0 Å². The Morgan fingerprint density at radius 3 is 2.71 bits per heavy atom. The number of hydrogen-bond donors (Lipinski definition) is 0. The van der Waals surface area contributed by atoms with E-state index in [0.29, 0.717) is 5.52 Å². The fourth-order valence-corrected chi connectivity index (χ4v) is 2.29. The minimum Gasteiger partial charge on any atom is -0.256 e. The van der Waals surface area contributed by atoms with Crippen LogP contribution in [0.2, 0.25) is 0 Å². The minimum absolute atomic E-state index is 0.226. The van der Waals surface area contributed by atoms with Gasteiger partial charge < -0.3 is 0 Å². The molecule has 1 heterocycles. The molecule has 0 unspecified atom stereocenters. The quantitative estimate of drug-likeness (QED) is 0.748. The number of benzene rings is 1. The van der Waals surface area contributed by atoms with Crippen molar-refractivity contribution in [2.24, 2.45) is 0 Å². The molecule has 0 aliphatic rings. The van der Waals surface area contributed by atoms with Gasteiger partial charge in [0.2, 0.25) is 8.27 Å². The number of rotatable bonds is 1. The second kappa shape index (κ2) is 3.33. The van der Waals surface area contributed by atoms with E-state index in [4.69, 9.17) is 0 Å². The lowest BCUT2D eigenvalue weighted by Crippen LogP contribution is -1.89. The van der Waals surface area contributed by atoms with Crippen molar-refractivity contribution in [2.45, 2.75) is 4.90 Å². The molecule has 0 radical (unpaired) electrons. The summed E-state index contributed by atoms with van der Waals surface area (Å²) in [5, 5.41) is 0.924. The molecule has 0 N–H and O–H groups in total. The molecule has 0 aliphatic carbocycles. The lowest BCUT2D eigenvalue weighted by molar-refractivity contribution is 0.611. The van der Waals surface area contributed by atoms with Crippen LogP contribution < -0.4 is 0 Å². The normalized spacial score (nSPS) is 11.8. The smallest absolute Gasteiger partial charge is 0.237 e. The van der Waals surface area contributed by atoms with Crippen molar-refractivity contribution in [2.75, 3.05) is 0 Å². The molecule has 0 fully saturated rings. The van der Waals surface area contributed by atoms with Crippen LogP contribution >= 0.6 is 14.8 Å². The average Bonchev–Trinajstić information content (AvgIpc) is 2.16. The number of pyridine rings is 1. The van der Waals surface area contributed by atoms with E-state index in [9.17, 15) is 8.42 Å². The van der Waals surface area contributed by atoms with E-state index in [1.807, 2.05) is 12.1 Å². The fourth-order valence-electron chi connectivity index (χ4n) is 1.20. The van der Waals surface area contributed by atoms with Gasteiger partial charge in [-0.2, -0.15) is 0 Å². The molecule has 2 aromatic rings. The van der Waals surface area contributed by atoms with Gasteiger partial charge in [-0.05, 0) is 18.2 Å². The Kier molecular flexibility index (Phi) is 2.28. The zero-order valence-electron chi connectivity index (χ0n) is 7.01. The van der Waals surface area contributed by atoms with E-state index >= 15 is 0 Å². The lowest BCUT2D eigenvalue weighted by Gasteiger charge is -1.98. The Morgan fingerprint density at radius 1 is 1.21 bits per heavy atom. The highest BCUT2D eigenvalue weighted by Crippen LogP contribution is 2.20. The first-order chi connectivity index (χ1) is 6.57. The predicted molar refractivity (Wildman–Crippen MR) is 57.9 cm³/mol. The third-order valence-corrected chi connectivity index (χ3v) is 3.80. The van der Waals surface area contributed by atoms with Gasteiger partial charge in [0, 0.05) is 11.6 Å². The highest BCUT2D eigenvalue weighted by Gasteiger charge is 2.09. The number of halogens is 1. The predicted octanol–water partition coefficient (Wildman–Crippen LogP) is 2.32. The summed E-state index contributed by atoms with van der Waals surface area (Å²) < 4.78 is 22.3. The zero-order valence-corrected chi connectivity index (χ0v) is 9.42. The summed E-state index contributed by atoms with van der Waals surface area (Å²) in [6, 6.07) is 8.52. The monoisotopic (exact) mass is 271 g/mol. The maximum absolute atomic E-state index is 11.2. The first-order valence-corrected chi connectivity index (χ1v) is 7.19. The molecule has 0 aliphatic heterocycles. The van der Waals surface area contributed by atoms with Gasteiger partial charge in [0.25, 0.3) is 0 Å². The van der Waals surface area contributed by atoms with Crippen LogP contribution in [0.1, 0.15) is 0 Å². The number of hydrogen-bond acceptors (Lipinski definition) is 3. The SMILES string of the molecule is O=S(=O)(Br)c1ccc2cccnc2c1. The van der Waals surface area contributed by atoms with Crippen molar-refractivity contribution < 1.29 is 8.42 Å². The van der Waals surface area contributed by atoms with Crippen LogP contribution in [0.3, 0.4) is 0 Å². The Hall–Kier alpha value is -0.940. The summed E-state index contributed by atoms with van der Waals surface area (Å²) in [7, 11) is -3.32. The van der Waals surface area contributed by atoms with Gasteiger partial charge in [0.15, 0.2) is 0 Å². The highest BCUT2D eigenvalue weighted by molar-refractivity contribution is 9.47. The van der Waals surface area contributed by atoms with Crippen molar-refractivity contribution in [3.8, 4) is 0 Å². The van der Waals surface area contributed by atoms with E-state index < -0.39 is 8.27 Å². The van der Waals surface area contributed by atoms with Crippen LogP contribution in [0.15, 0.2) is 41.4 Å². The largest absolute Gasteiger partial charge is 0.256 e. The molecule has 14 heavy (non-hydrogen) atoms. The van der Waals surface area contributed by atoms with Gasteiger partial charge in [-0.1, -0.05) is 12.1 Å². The van der Waals surface area contributed by atoms with Crippen molar-refractivity contribution in [1.82, 2.24) is 4.98 Å². The first kappa shape index (κ1) is 9.61. The fraction of sp³-hybridized carbons (Fsp3) is 0. The van der Waals surface area contributed by atoms with Gasteiger partial charge in [-0.15, -0.1) is 0 Å². The van der Waals surface area contributed by atoms with Gasteiger partial charge in [-0.3, -0.25) is 4.98 Å². The molecule has 0 saturated heterocycles. The topological polar surface area (TPSA) is 47.0 Å². The Bertz CT molecular complexity index is 580. The molecule has 1 aromatic heterocycles. The third kappa shape index (κ3) is 1.78. The van der Waals surface area contributed by atoms with E-state index in [-0.39, 0.29) is 4.90 Å². The first-order valence-electron chi connectivity index (χ1n) is 3.87. The third-order valence-electron chi connectivity index (χ3n) is 1.86. The van der Waals surface area contributed by atoms with Crippen LogP contribution in [0.4, 0.5) is 0 Å². The number of aromatic nitrogens is 1. The van der Waals surface area contributed by atoms with Crippen molar-refractivity contribution >= 4 is 34.0 Å². The summed E-state index contributed by atoms with van der Waals surface area (Å²) >= 11 is 2.62. The van der Waals surface area contributed by atoms with Gasteiger partial charge in [0.05, 0.1) is 25.2 Å². The van der Waals surface area contributed by atoms with Crippen LogP contribution in [0.25, 0.3) is 10.9 Å². The summed E-state index contributed by atoms with van der Waals surface area (Å²) in [5.74, 6) is 0. The van der Waals surface area contributed by atoms with Crippen LogP contribution in [-0.2, 0) is 8.27 Å². The van der Waals surface area contributed by atoms with Crippen LogP contribution in [-0.4, -0.2) is 13.4 Å². The second-order valence-corrected chi connectivity index (χ2v) is 6.70. The van der Waals surface area contributed by atoms with Crippen LogP contribution in [0, 0.1) is 0 Å². The van der Waals surface area contributed by atoms with E-state index in [1.165, 1.54) is 0 Å². The summed E-state index contributed by atoms with van der Waals surface area (Å²) in [6.45, 7) is 0. The van der Waals surface area contributed by atoms with Crippen molar-refractivity contribution in [3.63, 3.8) is 0 Å². The molecule has 0 amide bonds. The van der Waals surface area contributed by atoms with Gasteiger partial charge in [-0.25, -0.2) is 8.42 Å². The highest BCUT2D eigenvalue weighted by atomic mass is 79.9. The zero-order chi connectivity index (χ0) is 10.2. The lowest BCUT2D eigenvalue weighted by atomic mass is 10.2. The maximum atomic E-state index is 11.2. The Morgan fingerprint density at radius 2 is 2.00 bits per heavy atom. The molecular formula is C9H6BrNO2S. The van der Waals surface area contributed by atoms with Crippen molar-refractivity contribution in [1.29, 1.82) is 0 Å². The molecule has 0 atom stereocenters. The van der Waals surface area contributed by atoms with Crippen LogP contribution in [0.5, 0.6) is 0 Å². The molecule has 3 nitrogen and oxygen atoms in total. The second-order valence-electron chi connectivity index (χ2n) is 2.80. The minimum atomic E-state index is -3.32. The Balaban J connectivity index is 2.75. The van der Waals surface area contributed by atoms with E-state index in [2.05, 4.69) is 19.8 Å². The summed E-state index contributed by atoms with van der Waals surface area (Å²) in [6.07, 6.45) is 1.63. The standard InChI is InChI=1S/C9H6BrNO2S/c10-14(12,13)8-4-3-7-2-1-5-11-9(7)6-8/h1-6H. The molecule has 1 aromatic carbocycles. The van der Waals surface area contributed by atoms with Gasteiger partial charge >= 0.3 is 0 Å². The molecule has 2 rings (SSSR count). The van der Waals surface area contributed by atoms with Crippen molar-refractivity contribution in [3.05, 3.63) is 36.5 Å². The Labute approximate surface area is 88.9 Å². The summed E-state index contributed by atoms with van der Waals surface area (Å²) in [5.41, 5.74) is 0.674. The molecule has 5 heteroatoms. The van der Waals surface area contributed by atoms with E-state index in [0.717, 1.165) is 5.39 Å². The van der Waals surface area contributed by atoms with E-state index in [1.54, 1.807) is 24.4 Å². The number of fused-ring (bicyclic) bond motifs is 1. The molecule has 0 spiro atoms. The molecule has 0 saturated carbocycles. The molecular weight excluding hydrogens is 266 g/mol. The molecule has 0 bridgehead atoms. The average molecular weight is 272 g/mol. The number of nitrogens with zero attached hydrogens (tertiary/aromatic N) is 1. The molecule has 72 valence electrons. The summed E-state index contributed by atoms with van der Waals surface area (Å²) in [4.78, 5) is 4.30.